The molecule has 0 bridgehead atoms. The van der Waals surface area contributed by atoms with Crippen LogP contribution < -0.4 is 5.73 Å². The fourth-order valence-corrected chi connectivity index (χ4v) is 2.92. The summed E-state index contributed by atoms with van der Waals surface area (Å²) in [4.78, 5) is 9.12. The van der Waals surface area contributed by atoms with Gasteiger partial charge in [-0.2, -0.15) is 0 Å². The Kier molecular flexibility index (Phi) is 4.32. The van der Waals surface area contributed by atoms with Crippen LogP contribution in [-0.2, 0) is 0 Å². The van der Waals surface area contributed by atoms with Gasteiger partial charge in [0.15, 0.2) is 0 Å². The predicted molar refractivity (Wildman–Crippen MR) is 74.3 cm³/mol. The minimum absolute atomic E-state index is 0.111. The topological polar surface area (TPSA) is 45.4 Å². The van der Waals surface area contributed by atoms with E-state index in [1.807, 2.05) is 18.5 Å². The largest absolute Gasteiger partial charge is 0.326 e. The van der Waals surface area contributed by atoms with Crippen LogP contribution in [0.1, 0.15) is 25.5 Å². The maximum Gasteiger partial charge on any atom is 0.0515 e. The molecule has 0 amide bonds. The summed E-state index contributed by atoms with van der Waals surface area (Å²) in [6, 6.07) is 5.03. The van der Waals surface area contributed by atoms with E-state index in [0.717, 1.165) is 19.6 Å². The van der Waals surface area contributed by atoms with E-state index in [-0.39, 0.29) is 12.1 Å². The van der Waals surface area contributed by atoms with Gasteiger partial charge in [-0.25, -0.2) is 0 Å². The summed E-state index contributed by atoms with van der Waals surface area (Å²) in [6.45, 7) is 7.64. The Morgan fingerprint density at radius 1 is 1.44 bits per heavy atom. The van der Waals surface area contributed by atoms with E-state index in [4.69, 9.17) is 5.73 Å². The van der Waals surface area contributed by atoms with Crippen LogP contribution in [0.3, 0.4) is 0 Å². The lowest BCUT2D eigenvalue weighted by atomic mass is 9.98. The molecule has 4 nitrogen and oxygen atoms in total. The third-order valence-electron chi connectivity index (χ3n) is 3.76. The molecule has 2 N–H and O–H groups in total. The van der Waals surface area contributed by atoms with E-state index in [9.17, 15) is 0 Å². The minimum atomic E-state index is 0.111. The maximum atomic E-state index is 6.21. The molecule has 0 spiro atoms. The molecule has 1 fully saturated rings. The molecule has 1 aromatic heterocycles. The quantitative estimate of drug-likeness (QED) is 0.870. The van der Waals surface area contributed by atoms with Crippen LogP contribution in [0.4, 0.5) is 0 Å². The molecule has 4 heteroatoms. The second-order valence-electron chi connectivity index (χ2n) is 5.44. The highest BCUT2D eigenvalue weighted by atomic mass is 15.3. The van der Waals surface area contributed by atoms with E-state index >= 15 is 0 Å². The third-order valence-corrected chi connectivity index (χ3v) is 3.76. The molecular formula is C14H24N4. The zero-order chi connectivity index (χ0) is 13.1. The smallest absolute Gasteiger partial charge is 0.0515 e. The van der Waals surface area contributed by atoms with Crippen molar-refractivity contribution < 1.29 is 0 Å². The van der Waals surface area contributed by atoms with Crippen LogP contribution in [0.2, 0.25) is 0 Å². The number of piperazine rings is 1. The Bertz CT molecular complexity index is 365. The third kappa shape index (κ3) is 2.88. The average molecular weight is 248 g/mol. The first-order chi connectivity index (χ1) is 8.59. The Labute approximate surface area is 110 Å². The summed E-state index contributed by atoms with van der Waals surface area (Å²) in [6.07, 6.45) is 3.76. The molecule has 1 aliphatic heterocycles. The minimum Gasteiger partial charge on any atom is -0.326 e. The molecule has 0 aliphatic carbocycles. The molecule has 0 saturated carbocycles. The molecule has 2 rings (SSSR count). The van der Waals surface area contributed by atoms with Gasteiger partial charge in [-0.1, -0.05) is 6.07 Å². The van der Waals surface area contributed by atoms with Crippen molar-refractivity contribution in [1.29, 1.82) is 0 Å². The van der Waals surface area contributed by atoms with Crippen LogP contribution in [0.5, 0.6) is 0 Å². The molecule has 1 aromatic rings. The van der Waals surface area contributed by atoms with Crippen molar-refractivity contribution in [3.63, 3.8) is 0 Å². The lowest BCUT2D eigenvalue weighted by molar-refractivity contribution is 0.0520. The molecule has 1 aliphatic rings. The highest BCUT2D eigenvalue weighted by Crippen LogP contribution is 2.26. The summed E-state index contributed by atoms with van der Waals surface area (Å²) in [5.41, 5.74) is 7.44. The Morgan fingerprint density at radius 2 is 2.22 bits per heavy atom. The number of aromatic nitrogens is 1. The van der Waals surface area contributed by atoms with Gasteiger partial charge >= 0.3 is 0 Å². The summed E-state index contributed by atoms with van der Waals surface area (Å²) in [7, 11) is 2.18. The van der Waals surface area contributed by atoms with Gasteiger partial charge < -0.3 is 10.6 Å². The number of likely N-dealkylation sites (N-methyl/N-ethyl adjacent to an activating group) is 1. The van der Waals surface area contributed by atoms with Gasteiger partial charge in [0.05, 0.1) is 6.04 Å². The number of hydrogen-bond acceptors (Lipinski definition) is 4. The van der Waals surface area contributed by atoms with Gasteiger partial charge in [0.25, 0.3) is 0 Å². The van der Waals surface area contributed by atoms with Gasteiger partial charge in [-0.15, -0.1) is 0 Å². The SMILES string of the molecule is CC(N)C(c1cccnc1)N1CCN(C)CC1C. The molecule has 3 unspecified atom stereocenters. The van der Waals surface area contributed by atoms with Crippen LogP contribution in [0.15, 0.2) is 24.5 Å². The molecule has 1 saturated heterocycles. The van der Waals surface area contributed by atoms with Crippen LogP contribution in [0, 0.1) is 0 Å². The van der Waals surface area contributed by atoms with Crippen LogP contribution in [-0.4, -0.2) is 53.5 Å². The summed E-state index contributed by atoms with van der Waals surface area (Å²) in [5, 5.41) is 0. The van der Waals surface area contributed by atoms with Crippen molar-refractivity contribution in [2.45, 2.75) is 32.0 Å². The molecule has 3 atom stereocenters. The second-order valence-corrected chi connectivity index (χ2v) is 5.44. The summed E-state index contributed by atoms with van der Waals surface area (Å²) >= 11 is 0. The Hall–Kier alpha value is -0.970. The van der Waals surface area contributed by atoms with Gasteiger partial charge in [-0.3, -0.25) is 9.88 Å². The van der Waals surface area contributed by atoms with E-state index < -0.39 is 0 Å². The summed E-state index contributed by atoms with van der Waals surface area (Å²) in [5.74, 6) is 0. The molecule has 18 heavy (non-hydrogen) atoms. The van der Waals surface area contributed by atoms with Crippen LogP contribution in [0.25, 0.3) is 0 Å². The monoisotopic (exact) mass is 248 g/mol. The van der Waals surface area contributed by atoms with Crippen molar-refractivity contribution in [2.75, 3.05) is 26.7 Å². The zero-order valence-corrected chi connectivity index (χ0v) is 11.6. The first-order valence-corrected chi connectivity index (χ1v) is 6.69. The number of rotatable bonds is 3. The Morgan fingerprint density at radius 3 is 2.78 bits per heavy atom. The van der Waals surface area contributed by atoms with Crippen LogP contribution >= 0.6 is 0 Å². The Balaban J connectivity index is 2.21. The molecular weight excluding hydrogens is 224 g/mol. The normalized spacial score (nSPS) is 25.9. The van der Waals surface area contributed by atoms with Crippen molar-refractivity contribution >= 4 is 0 Å². The van der Waals surface area contributed by atoms with Crippen molar-refractivity contribution in [3.8, 4) is 0 Å². The second kappa shape index (κ2) is 5.78. The standard InChI is InChI=1S/C14H24N4/c1-11-10-17(3)7-8-18(11)14(12(2)15)13-5-4-6-16-9-13/h4-6,9,11-12,14H,7-8,10,15H2,1-3H3. The van der Waals surface area contributed by atoms with Crippen molar-refractivity contribution in [2.24, 2.45) is 5.73 Å². The van der Waals surface area contributed by atoms with E-state index in [0.29, 0.717) is 6.04 Å². The van der Waals surface area contributed by atoms with Gasteiger partial charge in [-0.05, 0) is 32.5 Å². The predicted octanol–water partition coefficient (Wildman–Crippen LogP) is 1.11. The zero-order valence-electron chi connectivity index (χ0n) is 11.6. The van der Waals surface area contributed by atoms with Crippen molar-refractivity contribution in [1.82, 2.24) is 14.8 Å². The number of pyridine rings is 1. The molecule has 0 radical (unpaired) electrons. The van der Waals surface area contributed by atoms with E-state index in [2.05, 4.69) is 41.7 Å². The first kappa shape index (κ1) is 13.5. The molecule has 2 heterocycles. The first-order valence-electron chi connectivity index (χ1n) is 6.69. The van der Waals surface area contributed by atoms with Gasteiger partial charge in [0.1, 0.15) is 0 Å². The maximum absolute atomic E-state index is 6.21. The number of nitrogens with two attached hydrogens (primary N) is 1. The van der Waals surface area contributed by atoms with E-state index in [1.54, 1.807) is 0 Å². The molecule has 0 aromatic carbocycles. The van der Waals surface area contributed by atoms with Gasteiger partial charge in [0, 0.05) is 44.1 Å². The lowest BCUT2D eigenvalue weighted by Crippen LogP contribution is -2.54. The van der Waals surface area contributed by atoms with Crippen molar-refractivity contribution in [3.05, 3.63) is 30.1 Å². The number of nitrogens with zero attached hydrogens (tertiary/aromatic N) is 3. The average Bonchev–Trinajstić information content (AvgIpc) is 2.33. The highest BCUT2D eigenvalue weighted by molar-refractivity contribution is 5.16. The fraction of sp³-hybridized carbons (Fsp3) is 0.643. The van der Waals surface area contributed by atoms with Gasteiger partial charge in [0.2, 0.25) is 0 Å². The highest BCUT2D eigenvalue weighted by Gasteiger charge is 2.31. The lowest BCUT2D eigenvalue weighted by Gasteiger charge is -2.44. The fourth-order valence-electron chi connectivity index (χ4n) is 2.92. The summed E-state index contributed by atoms with van der Waals surface area (Å²) < 4.78 is 0. The molecule has 100 valence electrons. The number of hydrogen-bond donors (Lipinski definition) is 1. The van der Waals surface area contributed by atoms with E-state index in [1.165, 1.54) is 5.56 Å².